The Kier molecular flexibility index (Phi) is 4.61. The van der Waals surface area contributed by atoms with E-state index < -0.39 is 10.0 Å². The Labute approximate surface area is 175 Å². The first-order valence-electron chi connectivity index (χ1n) is 10.5. The average Bonchev–Trinajstić information content (AvgIpc) is 3.50. The largest absolute Gasteiger partial charge is 0.371 e. The molecule has 2 fully saturated rings. The lowest BCUT2D eigenvalue weighted by Gasteiger charge is -2.31. The number of hydrogen-bond donors (Lipinski definition) is 2. The van der Waals surface area contributed by atoms with Gasteiger partial charge in [-0.05, 0) is 56.4 Å². The zero-order valence-electron chi connectivity index (χ0n) is 17.0. The lowest BCUT2D eigenvalue weighted by Crippen LogP contribution is -2.30. The first kappa shape index (κ1) is 19.2. The normalized spacial score (nSPS) is 17.4. The highest BCUT2D eigenvalue weighted by Gasteiger charge is 2.35. The molecule has 0 amide bonds. The van der Waals surface area contributed by atoms with Crippen LogP contribution in [0.3, 0.4) is 0 Å². The van der Waals surface area contributed by atoms with Gasteiger partial charge in [-0.3, -0.25) is 9.52 Å². The van der Waals surface area contributed by atoms with Crippen LogP contribution >= 0.6 is 0 Å². The summed E-state index contributed by atoms with van der Waals surface area (Å²) in [6.07, 6.45) is 8.57. The van der Waals surface area contributed by atoms with Gasteiger partial charge in [-0.25, -0.2) is 8.42 Å². The molecular weight excluding hydrogens is 400 g/mol. The van der Waals surface area contributed by atoms with Crippen molar-refractivity contribution in [1.29, 1.82) is 0 Å². The molecule has 3 heterocycles. The summed E-state index contributed by atoms with van der Waals surface area (Å²) in [6, 6.07) is 7.68. The van der Waals surface area contributed by atoms with Crippen molar-refractivity contribution in [2.75, 3.05) is 22.7 Å². The van der Waals surface area contributed by atoms with Crippen molar-refractivity contribution in [2.24, 2.45) is 7.05 Å². The van der Waals surface area contributed by atoms with E-state index in [-0.39, 0.29) is 10.8 Å². The van der Waals surface area contributed by atoms with Crippen molar-refractivity contribution < 1.29 is 8.42 Å². The van der Waals surface area contributed by atoms with E-state index in [1.54, 1.807) is 17.8 Å². The van der Waals surface area contributed by atoms with Gasteiger partial charge in [0.25, 0.3) is 5.56 Å². The zero-order chi connectivity index (χ0) is 20.9. The van der Waals surface area contributed by atoms with Crippen LogP contribution in [0.5, 0.6) is 0 Å². The molecule has 2 aliphatic rings. The fourth-order valence-electron chi connectivity index (χ4n) is 4.34. The molecule has 158 valence electrons. The van der Waals surface area contributed by atoms with E-state index >= 15 is 0 Å². The minimum atomic E-state index is -3.35. The molecule has 0 radical (unpaired) electrons. The molecule has 1 aromatic carbocycles. The Morgan fingerprint density at radius 2 is 1.83 bits per heavy atom. The Bertz CT molecular complexity index is 1270. The third-order valence-electron chi connectivity index (χ3n) is 6.10. The number of rotatable bonds is 5. The highest BCUT2D eigenvalue weighted by Crippen LogP contribution is 2.38. The number of aromatic amines is 1. The number of piperidine rings is 1. The Morgan fingerprint density at radius 3 is 2.57 bits per heavy atom. The second kappa shape index (κ2) is 7.19. The number of hydrogen-bond acceptors (Lipinski definition) is 4. The summed E-state index contributed by atoms with van der Waals surface area (Å²) in [7, 11) is -1.61. The topological polar surface area (TPSA) is 87.2 Å². The standard InChI is InChI=1S/C22H26N4O3S/c1-25-14-19(17-9-10-23-21(17)22(25)27)18-13-15(24-30(28,29)16-6-7-16)5-8-20(18)26-11-3-2-4-12-26/h5,8-10,13-14,16,23-24H,2-4,6-7,11-12H2,1H3. The van der Waals surface area contributed by atoms with E-state index in [1.807, 2.05) is 30.5 Å². The SMILES string of the molecule is Cn1cc(-c2cc(NS(=O)(=O)C3CC3)ccc2N2CCCCC2)c2cc[nH]c2c1=O. The number of H-pyrrole nitrogens is 1. The predicted molar refractivity (Wildman–Crippen MR) is 121 cm³/mol. The van der Waals surface area contributed by atoms with Crippen molar-refractivity contribution in [2.45, 2.75) is 37.4 Å². The van der Waals surface area contributed by atoms with Gasteiger partial charge in [0.15, 0.2) is 0 Å². The lowest BCUT2D eigenvalue weighted by molar-refractivity contribution is 0.578. The molecule has 2 N–H and O–H groups in total. The summed E-state index contributed by atoms with van der Waals surface area (Å²) in [5.74, 6) is 0. The van der Waals surface area contributed by atoms with Gasteiger partial charge in [-0.2, -0.15) is 0 Å². The number of sulfonamides is 1. The average molecular weight is 427 g/mol. The van der Waals surface area contributed by atoms with E-state index in [2.05, 4.69) is 14.6 Å². The highest BCUT2D eigenvalue weighted by molar-refractivity contribution is 7.93. The van der Waals surface area contributed by atoms with Crippen LogP contribution < -0.4 is 15.2 Å². The molecule has 1 aliphatic carbocycles. The lowest BCUT2D eigenvalue weighted by atomic mass is 9.99. The van der Waals surface area contributed by atoms with Crippen LogP contribution in [0.25, 0.3) is 22.0 Å². The molecule has 2 aromatic heterocycles. The first-order valence-corrected chi connectivity index (χ1v) is 12.1. The molecule has 1 aliphatic heterocycles. The van der Waals surface area contributed by atoms with E-state index in [0.29, 0.717) is 11.2 Å². The Balaban J connectivity index is 1.68. The van der Waals surface area contributed by atoms with Crippen LogP contribution in [-0.2, 0) is 17.1 Å². The molecule has 30 heavy (non-hydrogen) atoms. The quantitative estimate of drug-likeness (QED) is 0.654. The van der Waals surface area contributed by atoms with Crippen molar-refractivity contribution in [1.82, 2.24) is 9.55 Å². The monoisotopic (exact) mass is 426 g/mol. The van der Waals surface area contributed by atoms with E-state index in [0.717, 1.165) is 61.0 Å². The number of aromatic nitrogens is 2. The van der Waals surface area contributed by atoms with Crippen molar-refractivity contribution in [3.63, 3.8) is 0 Å². The Hall–Kier alpha value is -2.74. The zero-order valence-corrected chi connectivity index (χ0v) is 17.8. The number of pyridine rings is 1. The molecular formula is C22H26N4O3S. The maximum absolute atomic E-state index is 12.5. The minimum Gasteiger partial charge on any atom is -0.371 e. The second-order valence-electron chi connectivity index (χ2n) is 8.35. The van der Waals surface area contributed by atoms with Crippen molar-refractivity contribution >= 4 is 32.3 Å². The van der Waals surface area contributed by atoms with Crippen molar-refractivity contribution in [3.05, 3.63) is 47.0 Å². The van der Waals surface area contributed by atoms with Crippen LogP contribution in [0.15, 0.2) is 41.5 Å². The van der Waals surface area contributed by atoms with Crippen LogP contribution in [0.2, 0.25) is 0 Å². The van der Waals surface area contributed by atoms with E-state index in [4.69, 9.17) is 0 Å². The van der Waals surface area contributed by atoms with Gasteiger partial charge in [0.2, 0.25) is 10.0 Å². The molecule has 0 bridgehead atoms. The van der Waals surface area contributed by atoms with Gasteiger partial charge in [0.05, 0.1) is 5.25 Å². The third kappa shape index (κ3) is 3.39. The minimum absolute atomic E-state index is 0.0798. The van der Waals surface area contributed by atoms with Gasteiger partial charge in [0.1, 0.15) is 5.52 Å². The summed E-state index contributed by atoms with van der Waals surface area (Å²) in [5, 5.41) is 0.565. The number of nitrogens with zero attached hydrogens (tertiary/aromatic N) is 2. The molecule has 5 rings (SSSR count). The van der Waals surface area contributed by atoms with Crippen molar-refractivity contribution in [3.8, 4) is 11.1 Å². The van der Waals surface area contributed by atoms with Gasteiger partial charge in [-0.15, -0.1) is 0 Å². The van der Waals surface area contributed by atoms with Gasteiger partial charge >= 0.3 is 0 Å². The maximum atomic E-state index is 12.5. The fourth-order valence-corrected chi connectivity index (χ4v) is 5.71. The highest BCUT2D eigenvalue weighted by atomic mass is 32.2. The summed E-state index contributed by atoms with van der Waals surface area (Å²) in [4.78, 5) is 17.9. The van der Waals surface area contributed by atoms with E-state index in [9.17, 15) is 13.2 Å². The summed E-state index contributed by atoms with van der Waals surface area (Å²) in [6.45, 7) is 1.95. The molecule has 0 atom stereocenters. The van der Waals surface area contributed by atoms with Crippen LogP contribution in [0.1, 0.15) is 32.1 Å². The summed E-state index contributed by atoms with van der Waals surface area (Å²) < 4.78 is 29.3. The third-order valence-corrected chi connectivity index (χ3v) is 7.97. The molecule has 1 saturated carbocycles. The Morgan fingerprint density at radius 1 is 1.07 bits per heavy atom. The van der Waals surface area contributed by atoms with Gasteiger partial charge in [-0.1, -0.05) is 0 Å². The number of benzene rings is 1. The summed E-state index contributed by atoms with van der Waals surface area (Å²) >= 11 is 0. The molecule has 8 heteroatoms. The number of nitrogens with one attached hydrogen (secondary N) is 2. The molecule has 3 aromatic rings. The fraction of sp³-hybridized carbons (Fsp3) is 0.409. The smallest absolute Gasteiger partial charge is 0.274 e. The molecule has 1 saturated heterocycles. The van der Waals surface area contributed by atoms with Crippen LogP contribution in [0, 0.1) is 0 Å². The maximum Gasteiger partial charge on any atom is 0.274 e. The van der Waals surface area contributed by atoms with E-state index in [1.165, 1.54) is 6.42 Å². The molecule has 0 unspecified atom stereocenters. The first-order chi connectivity index (χ1) is 14.4. The van der Waals surface area contributed by atoms with Gasteiger partial charge in [0, 0.05) is 60.4 Å². The summed E-state index contributed by atoms with van der Waals surface area (Å²) in [5.41, 5.74) is 3.97. The second-order valence-corrected chi connectivity index (χ2v) is 10.3. The number of anilines is 2. The number of aryl methyl sites for hydroxylation is 1. The van der Waals surface area contributed by atoms with Gasteiger partial charge < -0.3 is 14.5 Å². The predicted octanol–water partition coefficient (Wildman–Crippen LogP) is 3.43. The van der Waals surface area contributed by atoms with Crippen LogP contribution in [0.4, 0.5) is 11.4 Å². The molecule has 0 spiro atoms. The number of fused-ring (bicyclic) bond motifs is 1. The molecule has 7 nitrogen and oxygen atoms in total. The van der Waals surface area contributed by atoms with Crippen LogP contribution in [-0.4, -0.2) is 36.3 Å².